The van der Waals surface area contributed by atoms with Crippen molar-refractivity contribution in [1.82, 2.24) is 5.32 Å². The van der Waals surface area contributed by atoms with Gasteiger partial charge in [0.2, 0.25) is 5.91 Å². The lowest BCUT2D eigenvalue weighted by Gasteiger charge is -2.37. The molecule has 0 atom stereocenters. The summed E-state index contributed by atoms with van der Waals surface area (Å²) in [5.74, 6) is 1.33. The summed E-state index contributed by atoms with van der Waals surface area (Å²) in [6, 6.07) is 0. The van der Waals surface area contributed by atoms with Crippen LogP contribution in [0.25, 0.3) is 0 Å². The first kappa shape index (κ1) is 26.4. The largest absolute Gasteiger partial charge is 0.375 e. The summed E-state index contributed by atoms with van der Waals surface area (Å²) in [6.45, 7) is 27.9. The Morgan fingerprint density at radius 1 is 0.815 bits per heavy atom. The molecule has 0 unspecified atom stereocenters. The topological polar surface area (TPSA) is 38.3 Å². The van der Waals surface area contributed by atoms with Crippen LogP contribution >= 0.6 is 0 Å². The minimum Gasteiger partial charge on any atom is -0.375 e. The van der Waals surface area contributed by atoms with Gasteiger partial charge >= 0.3 is 0 Å². The van der Waals surface area contributed by atoms with Crippen molar-refractivity contribution in [3.63, 3.8) is 0 Å². The van der Waals surface area contributed by atoms with Crippen molar-refractivity contribution in [1.29, 1.82) is 0 Å². The predicted molar refractivity (Wildman–Crippen MR) is 118 cm³/mol. The second-order valence-electron chi connectivity index (χ2n) is 11.7. The first-order valence-corrected chi connectivity index (χ1v) is 10.9. The lowest BCUT2D eigenvalue weighted by molar-refractivity contribution is -0.131. The number of amides is 1. The monoisotopic (exact) mass is 383 g/mol. The molecule has 0 radical (unpaired) electrons. The second kappa shape index (κ2) is 9.76. The highest BCUT2D eigenvalue weighted by Gasteiger charge is 2.36. The zero-order chi connectivity index (χ0) is 21.7. The van der Waals surface area contributed by atoms with Crippen LogP contribution in [-0.4, -0.2) is 24.7 Å². The fourth-order valence-electron chi connectivity index (χ4n) is 3.09. The number of carbonyl (C=O) groups excluding carboxylic acids is 1. The molecule has 0 aromatic carbocycles. The third-order valence-electron chi connectivity index (χ3n) is 6.89. The number of ether oxygens (including phenoxy) is 1. The Balaban J connectivity index is 4.45. The van der Waals surface area contributed by atoms with Crippen molar-refractivity contribution >= 4 is 5.91 Å². The molecule has 0 saturated carbocycles. The molecular weight excluding hydrogens is 334 g/mol. The van der Waals surface area contributed by atoms with Crippen LogP contribution in [0.4, 0.5) is 0 Å². The van der Waals surface area contributed by atoms with Crippen LogP contribution < -0.4 is 5.32 Å². The molecule has 0 fully saturated rings. The first-order chi connectivity index (χ1) is 11.9. The maximum absolute atomic E-state index is 12.7. The summed E-state index contributed by atoms with van der Waals surface area (Å²) in [4.78, 5) is 12.7. The predicted octanol–water partition coefficient (Wildman–Crippen LogP) is 6.46. The van der Waals surface area contributed by atoms with Crippen LogP contribution in [-0.2, 0) is 9.53 Å². The fourth-order valence-corrected chi connectivity index (χ4v) is 3.09. The minimum absolute atomic E-state index is 0.145. The first-order valence-electron chi connectivity index (χ1n) is 10.9. The molecule has 0 aromatic rings. The van der Waals surface area contributed by atoms with Crippen molar-refractivity contribution in [3.8, 4) is 0 Å². The molecule has 0 aliphatic heterocycles. The van der Waals surface area contributed by atoms with Crippen LogP contribution in [0.15, 0.2) is 0 Å². The van der Waals surface area contributed by atoms with Gasteiger partial charge in [0.1, 0.15) is 0 Å². The summed E-state index contributed by atoms with van der Waals surface area (Å²) in [5, 5.41) is 3.15. The highest BCUT2D eigenvalue weighted by molar-refractivity contribution is 5.81. The molecule has 0 rings (SSSR count). The lowest BCUT2D eigenvalue weighted by Crippen LogP contribution is -2.42. The van der Waals surface area contributed by atoms with E-state index in [1.165, 1.54) is 0 Å². The average Bonchev–Trinajstić information content (AvgIpc) is 2.44. The summed E-state index contributed by atoms with van der Waals surface area (Å²) in [7, 11) is 0. The molecule has 0 heterocycles. The molecule has 0 spiro atoms. The third kappa shape index (κ3) is 9.45. The lowest BCUT2D eigenvalue weighted by atomic mass is 9.69. The van der Waals surface area contributed by atoms with Crippen LogP contribution in [0.2, 0.25) is 0 Å². The molecule has 0 saturated heterocycles. The Morgan fingerprint density at radius 3 is 1.74 bits per heavy atom. The molecule has 1 amide bonds. The molecule has 0 aliphatic rings. The Hall–Kier alpha value is -0.570. The van der Waals surface area contributed by atoms with Gasteiger partial charge in [-0.15, -0.1) is 0 Å². The molecule has 27 heavy (non-hydrogen) atoms. The van der Waals surface area contributed by atoms with Gasteiger partial charge in [0.05, 0.1) is 5.60 Å². The minimum atomic E-state index is -0.361. The number of nitrogens with one attached hydrogen (secondary N) is 1. The van der Waals surface area contributed by atoms with Crippen LogP contribution in [0, 0.1) is 28.1 Å². The van der Waals surface area contributed by atoms with Gasteiger partial charge < -0.3 is 10.1 Å². The summed E-state index contributed by atoms with van der Waals surface area (Å²) in [6.07, 6.45) is 2.76. The zero-order valence-electron chi connectivity index (χ0n) is 20.5. The molecule has 3 heteroatoms. The van der Waals surface area contributed by atoms with Gasteiger partial charge in [-0.3, -0.25) is 4.79 Å². The summed E-state index contributed by atoms with van der Waals surface area (Å²) in [5.41, 5.74) is -0.147. The van der Waals surface area contributed by atoms with Crippen molar-refractivity contribution in [2.24, 2.45) is 28.1 Å². The van der Waals surface area contributed by atoms with E-state index in [-0.39, 0.29) is 27.8 Å². The molecule has 0 bridgehead atoms. The molecule has 0 aliphatic carbocycles. The highest BCUT2D eigenvalue weighted by atomic mass is 16.5. The van der Waals surface area contributed by atoms with Crippen molar-refractivity contribution < 1.29 is 9.53 Å². The number of carbonyl (C=O) groups is 1. The molecule has 162 valence electrons. The number of hydrogen-bond donors (Lipinski definition) is 1. The maximum Gasteiger partial charge on any atom is 0.225 e. The fraction of sp³-hybridized carbons (Fsp3) is 0.958. The van der Waals surface area contributed by atoms with E-state index in [2.05, 4.69) is 88.4 Å². The smallest absolute Gasteiger partial charge is 0.225 e. The Morgan fingerprint density at radius 2 is 1.30 bits per heavy atom. The van der Waals surface area contributed by atoms with E-state index < -0.39 is 0 Å². The second-order valence-corrected chi connectivity index (χ2v) is 11.7. The Kier molecular flexibility index (Phi) is 9.56. The standard InChI is InChI=1S/C24H49NO2/c1-18(2)21(5,6)14-16-27-24(11,12)13-15-25-20(26)23(9,10)17-22(7,8)19(3)4/h18-19H,13-17H2,1-12H3,(H,25,26). The number of hydrogen-bond acceptors (Lipinski definition) is 2. The zero-order valence-corrected chi connectivity index (χ0v) is 20.5. The van der Waals surface area contributed by atoms with Gasteiger partial charge in [-0.25, -0.2) is 0 Å². The molecule has 0 aromatic heterocycles. The van der Waals surface area contributed by atoms with E-state index in [4.69, 9.17) is 4.74 Å². The van der Waals surface area contributed by atoms with E-state index in [0.717, 1.165) is 25.9 Å². The average molecular weight is 384 g/mol. The van der Waals surface area contributed by atoms with E-state index in [0.29, 0.717) is 18.4 Å². The van der Waals surface area contributed by atoms with Gasteiger partial charge in [-0.2, -0.15) is 0 Å². The normalized spacial score (nSPS) is 14.1. The van der Waals surface area contributed by atoms with Gasteiger partial charge in [0.15, 0.2) is 0 Å². The van der Waals surface area contributed by atoms with Crippen molar-refractivity contribution in [2.75, 3.05) is 13.2 Å². The highest BCUT2D eigenvalue weighted by Crippen LogP contribution is 2.39. The summed E-state index contributed by atoms with van der Waals surface area (Å²) >= 11 is 0. The van der Waals surface area contributed by atoms with Gasteiger partial charge in [-0.1, -0.05) is 69.2 Å². The molecule has 3 nitrogen and oxygen atoms in total. The molecule has 1 N–H and O–H groups in total. The van der Waals surface area contributed by atoms with Crippen molar-refractivity contribution in [2.45, 2.75) is 108 Å². The van der Waals surface area contributed by atoms with Crippen LogP contribution in [0.5, 0.6) is 0 Å². The van der Waals surface area contributed by atoms with Gasteiger partial charge in [0, 0.05) is 18.6 Å². The third-order valence-corrected chi connectivity index (χ3v) is 6.89. The Bertz CT molecular complexity index is 459. The van der Waals surface area contributed by atoms with E-state index in [1.54, 1.807) is 0 Å². The van der Waals surface area contributed by atoms with Gasteiger partial charge in [-0.05, 0) is 55.8 Å². The summed E-state index contributed by atoms with van der Waals surface area (Å²) < 4.78 is 6.14. The van der Waals surface area contributed by atoms with Gasteiger partial charge in [0.25, 0.3) is 0 Å². The van der Waals surface area contributed by atoms with E-state index >= 15 is 0 Å². The van der Waals surface area contributed by atoms with E-state index in [1.807, 2.05) is 0 Å². The van der Waals surface area contributed by atoms with Crippen LogP contribution in [0.3, 0.4) is 0 Å². The Labute approximate surface area is 170 Å². The quantitative estimate of drug-likeness (QED) is 0.420. The van der Waals surface area contributed by atoms with Crippen LogP contribution in [0.1, 0.15) is 102 Å². The SMILES string of the molecule is CC(C)C(C)(C)CCOC(C)(C)CCNC(=O)C(C)(C)CC(C)(C)C(C)C. The maximum atomic E-state index is 12.7. The van der Waals surface area contributed by atoms with E-state index in [9.17, 15) is 4.79 Å². The molecular formula is C24H49NO2. The van der Waals surface area contributed by atoms with Crippen molar-refractivity contribution in [3.05, 3.63) is 0 Å². The number of rotatable bonds is 12.